The van der Waals surface area contributed by atoms with Crippen molar-refractivity contribution in [3.05, 3.63) is 88.2 Å². The first-order valence-corrected chi connectivity index (χ1v) is 14.6. The van der Waals surface area contributed by atoms with Crippen molar-refractivity contribution >= 4 is 40.4 Å². The van der Waals surface area contributed by atoms with Gasteiger partial charge in [-0.1, -0.05) is 0 Å². The molecule has 0 aliphatic carbocycles. The quantitative estimate of drug-likeness (QED) is 0.176. The van der Waals surface area contributed by atoms with Gasteiger partial charge in [-0.2, -0.15) is 0 Å². The first kappa shape index (κ1) is 29.2. The molecule has 39 heavy (non-hydrogen) atoms. The fraction of sp³-hybridized carbons (Fsp3) is 0.357. The maximum atomic E-state index is 13.9. The number of hydrogen-bond donors (Lipinski definition) is 2. The Kier molecular flexibility index (Phi) is 9.75. The van der Waals surface area contributed by atoms with Gasteiger partial charge in [-0.3, -0.25) is 0 Å². The first-order chi connectivity index (χ1) is 18.6. The Bertz CT molecular complexity index is 1450. The van der Waals surface area contributed by atoms with Gasteiger partial charge in [-0.15, -0.1) is 0 Å². The fourth-order valence-electron chi connectivity index (χ4n) is 4.62. The van der Waals surface area contributed by atoms with E-state index in [2.05, 4.69) is 56.4 Å². The second-order valence-corrected chi connectivity index (χ2v) is 12.1. The van der Waals surface area contributed by atoms with E-state index in [1.165, 1.54) is 17.7 Å². The Balaban J connectivity index is 1.61. The number of fused-ring (bicyclic) bond motifs is 1. The molecule has 0 spiro atoms. The number of carbonyl (C=O) groups is 1. The van der Waals surface area contributed by atoms with Crippen LogP contribution in [-0.2, 0) is 24.2 Å². The number of hydrogen-bond acceptors (Lipinski definition) is 6. The predicted molar refractivity (Wildman–Crippen MR) is 148 cm³/mol. The van der Waals surface area contributed by atoms with Crippen molar-refractivity contribution in [1.82, 2.24) is 24.9 Å². The minimum absolute atomic E-state index is 0.289. The molecule has 2 aromatic carbocycles. The zero-order valence-corrected chi connectivity index (χ0v) is 24.6. The van der Waals surface area contributed by atoms with Crippen molar-refractivity contribution in [3.63, 3.8) is 0 Å². The Morgan fingerprint density at radius 1 is 1.08 bits per heavy atom. The van der Waals surface area contributed by atoms with Crippen LogP contribution in [0.1, 0.15) is 35.0 Å². The summed E-state index contributed by atoms with van der Waals surface area (Å²) >= 11 is 3.61. The van der Waals surface area contributed by atoms with Gasteiger partial charge in [0.25, 0.3) is 0 Å². The molecule has 2 heterocycles. The first-order valence-electron chi connectivity index (χ1n) is 12.6. The van der Waals surface area contributed by atoms with E-state index in [1.807, 2.05) is 32.0 Å². The SMILES string of the molecule is CCc1cccc(CNCC(C([As])Cc2cc(F)cc(F)c2)[C@H](Sc2nnc3nc(C)cc(C)n23)C(=O)O)c1. The summed E-state index contributed by atoms with van der Waals surface area (Å²) in [4.78, 5) is 17.1. The van der Waals surface area contributed by atoms with E-state index < -0.39 is 28.8 Å². The van der Waals surface area contributed by atoms with Crippen LogP contribution in [0.5, 0.6) is 0 Å². The molecule has 11 heteroatoms. The molecular weight excluding hydrogens is 583 g/mol. The van der Waals surface area contributed by atoms with Crippen LogP contribution in [0.3, 0.4) is 0 Å². The molecular formula is C28H30AsF2N5O2S. The molecule has 0 aliphatic heterocycles. The topological polar surface area (TPSA) is 92.4 Å². The summed E-state index contributed by atoms with van der Waals surface area (Å²) in [5, 5.41) is 21.7. The van der Waals surface area contributed by atoms with Gasteiger partial charge in [0.1, 0.15) is 0 Å². The van der Waals surface area contributed by atoms with Crippen LogP contribution in [0.2, 0.25) is 4.71 Å². The molecule has 3 atom stereocenters. The number of aromatic nitrogens is 4. The number of carboxylic acid groups (broad SMARTS) is 1. The van der Waals surface area contributed by atoms with Crippen molar-refractivity contribution in [2.75, 3.05) is 6.54 Å². The van der Waals surface area contributed by atoms with E-state index in [4.69, 9.17) is 0 Å². The molecule has 2 aromatic heterocycles. The summed E-state index contributed by atoms with van der Waals surface area (Å²) in [6.45, 7) is 6.78. The van der Waals surface area contributed by atoms with E-state index in [9.17, 15) is 18.7 Å². The third-order valence-electron chi connectivity index (χ3n) is 6.50. The zero-order chi connectivity index (χ0) is 28.1. The number of carboxylic acids is 1. The number of aliphatic carboxylic acids is 1. The van der Waals surface area contributed by atoms with Crippen molar-refractivity contribution in [2.24, 2.45) is 5.92 Å². The molecule has 0 fully saturated rings. The van der Waals surface area contributed by atoms with Gasteiger partial charge in [0.2, 0.25) is 0 Å². The molecule has 0 bridgehead atoms. The van der Waals surface area contributed by atoms with Crippen LogP contribution < -0.4 is 5.32 Å². The molecule has 0 aliphatic rings. The molecule has 2 unspecified atom stereocenters. The molecule has 0 saturated carbocycles. The standard InChI is InChI=1S/C28H30AsF2N5O2S/c1-4-18-6-5-7-19(9-18)14-32-15-23(24(29)12-20-10-21(30)13-22(31)11-20)25(26(37)38)39-28-35-34-27-33-16(2)8-17(3)36(27)28/h5-11,13,23-25,32H,4,12,14-15H2,1-3H3,(H,37,38)/t23?,24?,25-/m0/s1. The molecule has 4 aromatic rings. The fourth-order valence-corrected chi connectivity index (χ4v) is 7.11. The molecule has 0 amide bonds. The van der Waals surface area contributed by atoms with Crippen molar-refractivity contribution < 1.29 is 18.7 Å². The number of thioether (sulfide) groups is 1. The van der Waals surface area contributed by atoms with Crippen LogP contribution in [0.25, 0.3) is 5.78 Å². The van der Waals surface area contributed by atoms with E-state index in [1.54, 1.807) is 4.40 Å². The van der Waals surface area contributed by atoms with Crippen LogP contribution in [0.15, 0.2) is 53.7 Å². The third kappa shape index (κ3) is 7.44. The van der Waals surface area contributed by atoms with E-state index in [0.29, 0.717) is 29.6 Å². The Labute approximate surface area is 239 Å². The van der Waals surface area contributed by atoms with Crippen molar-refractivity contribution in [1.29, 1.82) is 0 Å². The number of benzene rings is 2. The van der Waals surface area contributed by atoms with Crippen LogP contribution in [-0.4, -0.2) is 59.3 Å². The van der Waals surface area contributed by atoms with Gasteiger partial charge in [-0.25, -0.2) is 0 Å². The van der Waals surface area contributed by atoms with E-state index in [-0.39, 0.29) is 11.1 Å². The number of halogens is 2. The van der Waals surface area contributed by atoms with Gasteiger partial charge < -0.3 is 0 Å². The molecule has 4 rings (SSSR count). The average Bonchev–Trinajstić information content (AvgIpc) is 3.27. The van der Waals surface area contributed by atoms with Crippen molar-refractivity contribution in [2.45, 2.75) is 55.3 Å². The third-order valence-corrected chi connectivity index (χ3v) is 8.96. The van der Waals surface area contributed by atoms with Crippen molar-refractivity contribution in [3.8, 4) is 0 Å². The summed E-state index contributed by atoms with van der Waals surface area (Å²) in [6.07, 6.45) is 1.21. The van der Waals surface area contributed by atoms with Crippen LogP contribution in [0, 0.1) is 31.4 Å². The summed E-state index contributed by atoms with van der Waals surface area (Å²) in [5.74, 6) is -2.35. The second kappa shape index (κ2) is 13.0. The van der Waals surface area contributed by atoms with Gasteiger partial charge in [0.05, 0.1) is 0 Å². The Hall–Kier alpha value is -2.81. The minimum atomic E-state index is -1.00. The molecule has 204 valence electrons. The second-order valence-electron chi connectivity index (χ2n) is 9.55. The number of nitrogens with zero attached hydrogens (tertiary/aromatic N) is 4. The molecule has 7 nitrogen and oxygen atoms in total. The van der Waals surface area contributed by atoms with Crippen LogP contribution in [0.4, 0.5) is 8.78 Å². The maximum absolute atomic E-state index is 13.9. The zero-order valence-electron chi connectivity index (χ0n) is 21.9. The Morgan fingerprint density at radius 3 is 2.49 bits per heavy atom. The van der Waals surface area contributed by atoms with Crippen LogP contribution >= 0.6 is 11.8 Å². The average molecular weight is 614 g/mol. The monoisotopic (exact) mass is 613 g/mol. The molecule has 0 saturated heterocycles. The summed E-state index contributed by atoms with van der Waals surface area (Å²) in [6, 6.07) is 13.5. The van der Waals surface area contributed by atoms with Gasteiger partial charge in [0.15, 0.2) is 0 Å². The molecule has 2 N–H and O–H groups in total. The summed E-state index contributed by atoms with van der Waals surface area (Å²) in [5.41, 5.74) is 4.43. The summed E-state index contributed by atoms with van der Waals surface area (Å²) in [7, 11) is 0. The van der Waals surface area contributed by atoms with E-state index in [0.717, 1.165) is 41.2 Å². The number of aryl methyl sites for hydroxylation is 3. The predicted octanol–water partition coefficient (Wildman–Crippen LogP) is 4.73. The van der Waals surface area contributed by atoms with E-state index >= 15 is 0 Å². The number of rotatable bonds is 12. The van der Waals surface area contributed by atoms with Gasteiger partial charge in [0, 0.05) is 0 Å². The normalized spacial score (nSPS) is 13.9. The Morgan fingerprint density at radius 2 is 1.79 bits per heavy atom. The summed E-state index contributed by atoms with van der Waals surface area (Å²) < 4.78 is 29.3. The molecule has 2 radical (unpaired) electrons. The van der Waals surface area contributed by atoms with Gasteiger partial charge >= 0.3 is 240 Å². The number of nitrogens with one attached hydrogen (secondary N) is 1. The van der Waals surface area contributed by atoms with Gasteiger partial charge in [-0.05, 0) is 0 Å².